The van der Waals surface area contributed by atoms with E-state index in [9.17, 15) is 18.0 Å². The van der Waals surface area contributed by atoms with E-state index >= 15 is 0 Å². The monoisotopic (exact) mass is 172 g/mol. The summed E-state index contributed by atoms with van der Waals surface area (Å²) in [7, 11) is 0. The summed E-state index contributed by atoms with van der Waals surface area (Å²) in [6.45, 7) is 0. The van der Waals surface area contributed by atoms with Crippen molar-refractivity contribution in [1.29, 1.82) is 0 Å². The highest BCUT2D eigenvalue weighted by atomic mass is 35.5. The lowest BCUT2D eigenvalue weighted by Crippen LogP contribution is -2.32. The second-order valence-corrected chi connectivity index (χ2v) is 1.58. The number of carbonyl (C=O) groups excluding carboxylic acids is 1. The zero-order valence-electron chi connectivity index (χ0n) is 4.31. The van der Waals surface area contributed by atoms with Crippen LogP contribution in [0.3, 0.4) is 0 Å². The Morgan fingerprint density at radius 1 is 1.60 bits per heavy atom. The molecule has 0 aromatic carbocycles. The molecule has 0 radical (unpaired) electrons. The van der Waals surface area contributed by atoms with Gasteiger partial charge in [-0.2, -0.15) is 8.78 Å². The highest BCUT2D eigenvalue weighted by Gasteiger charge is 2.52. The Kier molecular flexibility index (Phi) is 2.56. The fourth-order valence-electron chi connectivity index (χ4n) is 0.144. The van der Waals surface area contributed by atoms with Gasteiger partial charge in [-0.05, 0) is 11.6 Å². The standard InChI is InChI=1S/C3ClF3N2O/c4-1(10)3(6,7)2(5)9-8. The minimum Gasteiger partial charge on any atom is -0.358 e. The Morgan fingerprint density at radius 3 is 2.10 bits per heavy atom. The van der Waals surface area contributed by atoms with E-state index in [1.807, 2.05) is 0 Å². The summed E-state index contributed by atoms with van der Waals surface area (Å²) in [5.74, 6) is -7.05. The average Bonchev–Trinajstić information content (AvgIpc) is 1.86. The first kappa shape index (κ1) is 9.13. The van der Waals surface area contributed by atoms with Crippen molar-refractivity contribution in [2.24, 2.45) is 0 Å². The number of alkyl halides is 2. The van der Waals surface area contributed by atoms with Crippen molar-refractivity contribution in [3.63, 3.8) is 0 Å². The van der Waals surface area contributed by atoms with Gasteiger partial charge in [-0.15, -0.1) is 9.18 Å². The lowest BCUT2D eigenvalue weighted by molar-refractivity contribution is -0.133. The fraction of sp³-hybridized carbons (Fsp3) is 0.333. The molecule has 0 amide bonds. The third kappa shape index (κ3) is 1.55. The van der Waals surface area contributed by atoms with Crippen LogP contribution >= 0.6 is 11.6 Å². The van der Waals surface area contributed by atoms with E-state index in [2.05, 4.69) is 11.6 Å². The molecule has 0 bridgehead atoms. The molecule has 0 rings (SSSR count). The van der Waals surface area contributed by atoms with Gasteiger partial charge in [0.05, 0.1) is 0 Å². The second-order valence-electron chi connectivity index (χ2n) is 1.24. The van der Waals surface area contributed by atoms with E-state index in [1.165, 1.54) is 4.79 Å². The predicted octanol–water partition coefficient (Wildman–Crippen LogP) is 0.985. The van der Waals surface area contributed by atoms with Gasteiger partial charge in [-0.3, -0.25) is 4.79 Å². The molecule has 0 aromatic heterocycles. The first-order valence-electron chi connectivity index (χ1n) is 1.88. The van der Waals surface area contributed by atoms with Crippen molar-refractivity contribution >= 4 is 22.8 Å². The number of halogens is 4. The normalized spacial score (nSPS) is 10.4. The zero-order valence-corrected chi connectivity index (χ0v) is 5.07. The lowest BCUT2D eigenvalue weighted by Gasteiger charge is -1.97. The van der Waals surface area contributed by atoms with Gasteiger partial charge in [-0.1, -0.05) is 0 Å². The maximum absolute atomic E-state index is 11.8. The van der Waals surface area contributed by atoms with Gasteiger partial charge in [0, 0.05) is 0 Å². The fourth-order valence-corrected chi connectivity index (χ4v) is 0.222. The Labute approximate surface area is 58.0 Å². The molecule has 0 aliphatic carbocycles. The van der Waals surface area contributed by atoms with Crippen LogP contribution in [0.1, 0.15) is 0 Å². The maximum atomic E-state index is 11.8. The predicted molar refractivity (Wildman–Crippen MR) is 25.5 cm³/mol. The van der Waals surface area contributed by atoms with Crippen LogP contribution in [0.15, 0.2) is 0 Å². The molecule has 0 aliphatic rings. The molecule has 0 atom stereocenters. The van der Waals surface area contributed by atoms with Crippen molar-refractivity contribution in [1.82, 2.24) is 0 Å². The third-order valence-electron chi connectivity index (χ3n) is 0.594. The van der Waals surface area contributed by atoms with Gasteiger partial charge in [0.25, 0.3) is 0 Å². The average molecular weight is 172 g/mol. The van der Waals surface area contributed by atoms with Crippen LogP contribution in [-0.4, -0.2) is 21.9 Å². The first-order valence-corrected chi connectivity index (χ1v) is 2.26. The van der Waals surface area contributed by atoms with Gasteiger partial charge in [0.1, 0.15) is 0 Å². The van der Waals surface area contributed by atoms with Crippen molar-refractivity contribution in [2.45, 2.75) is 5.92 Å². The summed E-state index contributed by atoms with van der Waals surface area (Å²) in [5, 5.41) is -2.23. The summed E-state index contributed by atoms with van der Waals surface area (Å²) in [4.78, 5) is 11.1. The topological polar surface area (TPSA) is 53.5 Å². The van der Waals surface area contributed by atoms with Crippen LogP contribution in [0.5, 0.6) is 0 Å². The minimum atomic E-state index is -4.53. The molecular formula is C3ClF3N2O. The van der Waals surface area contributed by atoms with Gasteiger partial charge in [0.2, 0.25) is 0 Å². The molecule has 0 aromatic rings. The molecular weight excluding hydrogens is 172 g/mol. The Hall–Kier alpha value is -0.870. The molecule has 0 saturated heterocycles. The molecule has 56 valence electrons. The molecule has 0 N–H and O–H groups in total. The molecule has 0 saturated carbocycles. The minimum absolute atomic E-state index is 1.48. The Morgan fingerprint density at radius 2 is 2.00 bits per heavy atom. The summed E-state index contributed by atoms with van der Waals surface area (Å²) in [6.07, 6.45) is 0. The Bertz CT molecular complexity index is 210. The highest BCUT2D eigenvalue weighted by molar-refractivity contribution is 6.67. The maximum Gasteiger partial charge on any atom is 0.522 e. The third-order valence-corrected chi connectivity index (χ3v) is 0.831. The summed E-state index contributed by atoms with van der Waals surface area (Å²) in [6, 6.07) is 0. The SMILES string of the molecule is [N-]=[N+]=C(F)C(F)(F)C(=O)Cl. The molecule has 3 nitrogen and oxygen atoms in total. The van der Waals surface area contributed by atoms with Crippen molar-refractivity contribution < 1.29 is 22.8 Å². The number of rotatable bonds is 2. The summed E-state index contributed by atoms with van der Waals surface area (Å²) in [5.41, 5.74) is 7.44. The number of nitrogens with zero attached hydrogens (tertiary/aromatic N) is 2. The van der Waals surface area contributed by atoms with Gasteiger partial charge in [0.15, 0.2) is 0 Å². The van der Waals surface area contributed by atoms with E-state index in [1.54, 1.807) is 0 Å². The molecule has 10 heavy (non-hydrogen) atoms. The van der Waals surface area contributed by atoms with E-state index < -0.39 is 17.1 Å². The molecule has 0 heterocycles. The first-order chi connectivity index (χ1) is 4.42. The summed E-state index contributed by atoms with van der Waals surface area (Å²) < 4.78 is 35.2. The van der Waals surface area contributed by atoms with Crippen LogP contribution in [0.2, 0.25) is 0 Å². The smallest absolute Gasteiger partial charge is 0.358 e. The molecule has 7 heteroatoms. The van der Waals surface area contributed by atoms with Gasteiger partial charge >= 0.3 is 17.1 Å². The Balaban J connectivity index is 4.74. The number of hydrogen-bond donors (Lipinski definition) is 0. The number of carbonyl (C=O) groups is 1. The van der Waals surface area contributed by atoms with E-state index in [0.717, 1.165) is 0 Å². The summed E-state index contributed by atoms with van der Waals surface area (Å²) >= 11 is 4.22. The van der Waals surface area contributed by atoms with Crippen molar-refractivity contribution in [3.05, 3.63) is 5.53 Å². The van der Waals surface area contributed by atoms with E-state index in [-0.39, 0.29) is 0 Å². The van der Waals surface area contributed by atoms with E-state index in [4.69, 9.17) is 5.53 Å². The van der Waals surface area contributed by atoms with Gasteiger partial charge < -0.3 is 5.53 Å². The molecule has 0 fully saturated rings. The van der Waals surface area contributed by atoms with Crippen LogP contribution < -0.4 is 0 Å². The highest BCUT2D eigenvalue weighted by Crippen LogP contribution is 2.18. The van der Waals surface area contributed by atoms with Crippen molar-refractivity contribution in [2.75, 3.05) is 0 Å². The zero-order chi connectivity index (χ0) is 8.36. The van der Waals surface area contributed by atoms with Crippen LogP contribution in [0, 0.1) is 0 Å². The number of hydrogen-bond acceptors (Lipinski definition) is 1. The molecule has 0 unspecified atom stereocenters. The van der Waals surface area contributed by atoms with Crippen molar-refractivity contribution in [3.8, 4) is 0 Å². The van der Waals surface area contributed by atoms with Crippen LogP contribution in [0.25, 0.3) is 5.53 Å². The molecule has 0 aliphatic heterocycles. The van der Waals surface area contributed by atoms with Crippen LogP contribution in [0.4, 0.5) is 13.2 Å². The largest absolute Gasteiger partial charge is 0.522 e. The quantitative estimate of drug-likeness (QED) is 0.265. The van der Waals surface area contributed by atoms with E-state index in [0.29, 0.717) is 0 Å². The van der Waals surface area contributed by atoms with Gasteiger partial charge in [-0.25, -0.2) is 0 Å². The lowest BCUT2D eigenvalue weighted by atomic mass is 10.4. The van der Waals surface area contributed by atoms with Crippen LogP contribution in [-0.2, 0) is 4.79 Å². The molecule has 0 spiro atoms. The second kappa shape index (κ2) is 2.81.